The maximum atomic E-state index is 13.2. The Morgan fingerprint density at radius 1 is 1.26 bits per heavy atom. The number of aryl methyl sites for hydroxylation is 3. The normalized spacial score (nSPS) is 19.6. The first-order valence-electron chi connectivity index (χ1n) is 8.57. The summed E-state index contributed by atoms with van der Waals surface area (Å²) >= 11 is 6.13. The van der Waals surface area contributed by atoms with Crippen molar-refractivity contribution in [2.45, 2.75) is 46.6 Å². The van der Waals surface area contributed by atoms with Gasteiger partial charge in [-0.05, 0) is 57.4 Å². The summed E-state index contributed by atoms with van der Waals surface area (Å²) in [4.78, 5) is 23.4. The molecule has 0 bridgehead atoms. The molecular weight excluding hydrogens is 368 g/mol. The van der Waals surface area contributed by atoms with Gasteiger partial charge in [0.05, 0.1) is 11.3 Å². The van der Waals surface area contributed by atoms with Crippen LogP contribution in [0.5, 0.6) is 0 Å². The van der Waals surface area contributed by atoms with Gasteiger partial charge in [-0.25, -0.2) is 9.97 Å². The molecule has 1 amide bonds. The molecular formula is C19H21ClN4O3. The second-order valence-corrected chi connectivity index (χ2v) is 7.26. The SMILES string of the molecule is CC/C(=N/O)c1nc(C)nc2c1C(C)(O)C(=O)N2c1c(C)cc(Cl)cc1C. The molecule has 2 aromatic rings. The van der Waals surface area contributed by atoms with Gasteiger partial charge in [-0.1, -0.05) is 23.7 Å². The number of aromatic nitrogens is 2. The summed E-state index contributed by atoms with van der Waals surface area (Å²) in [6, 6.07) is 3.51. The lowest BCUT2D eigenvalue weighted by atomic mass is 9.95. The fourth-order valence-electron chi connectivity index (χ4n) is 3.55. The van der Waals surface area contributed by atoms with Crippen LogP contribution in [0, 0.1) is 20.8 Å². The van der Waals surface area contributed by atoms with E-state index < -0.39 is 11.5 Å². The number of benzene rings is 1. The van der Waals surface area contributed by atoms with E-state index in [0.29, 0.717) is 23.0 Å². The molecule has 0 radical (unpaired) electrons. The number of hydrogen-bond donors (Lipinski definition) is 2. The van der Waals surface area contributed by atoms with Crippen molar-refractivity contribution in [1.29, 1.82) is 0 Å². The van der Waals surface area contributed by atoms with Crippen molar-refractivity contribution in [3.05, 3.63) is 45.4 Å². The number of carbonyl (C=O) groups excluding carboxylic acids is 1. The standard InChI is InChI=1S/C19H21ClN4O3/c1-6-13(23-27)15-14-17(22-11(4)21-15)24(18(25)19(14,5)26)16-9(2)7-12(20)8-10(16)3/h7-8,26-27H,6H2,1-5H3/b23-13-. The molecule has 1 atom stereocenters. The number of amides is 1. The lowest BCUT2D eigenvalue weighted by molar-refractivity contribution is -0.133. The zero-order chi connectivity index (χ0) is 20.1. The number of oxime groups is 1. The molecule has 0 saturated heterocycles. The first-order chi connectivity index (χ1) is 12.6. The Hall–Kier alpha value is -2.51. The Labute approximate surface area is 162 Å². The van der Waals surface area contributed by atoms with E-state index >= 15 is 0 Å². The Kier molecular flexibility index (Phi) is 4.69. The average Bonchev–Trinajstić information content (AvgIpc) is 2.75. The van der Waals surface area contributed by atoms with E-state index in [1.165, 1.54) is 11.8 Å². The Morgan fingerprint density at radius 2 is 1.85 bits per heavy atom. The molecule has 2 N–H and O–H groups in total. The van der Waals surface area contributed by atoms with Crippen molar-refractivity contribution in [2.75, 3.05) is 4.90 Å². The molecule has 1 aliphatic heterocycles. The molecule has 1 unspecified atom stereocenters. The zero-order valence-corrected chi connectivity index (χ0v) is 16.6. The second kappa shape index (κ2) is 6.58. The number of halogens is 1. The minimum absolute atomic E-state index is 0.238. The minimum atomic E-state index is -1.86. The number of rotatable bonds is 3. The summed E-state index contributed by atoms with van der Waals surface area (Å²) in [5.41, 5.74) is 1.10. The molecule has 1 aliphatic rings. The lowest BCUT2D eigenvalue weighted by Gasteiger charge is -2.23. The van der Waals surface area contributed by atoms with Crippen LogP contribution in [0.25, 0.3) is 0 Å². The van der Waals surface area contributed by atoms with Gasteiger partial charge in [0, 0.05) is 5.02 Å². The average molecular weight is 389 g/mol. The lowest BCUT2D eigenvalue weighted by Crippen LogP contribution is -2.36. The van der Waals surface area contributed by atoms with Gasteiger partial charge in [0.2, 0.25) is 0 Å². The maximum Gasteiger partial charge on any atom is 0.269 e. The molecule has 3 rings (SSSR count). The van der Waals surface area contributed by atoms with Gasteiger partial charge >= 0.3 is 0 Å². The molecule has 0 spiro atoms. The first kappa shape index (κ1) is 19.3. The van der Waals surface area contributed by atoms with E-state index in [0.717, 1.165) is 11.1 Å². The second-order valence-electron chi connectivity index (χ2n) is 6.82. The summed E-state index contributed by atoms with van der Waals surface area (Å²) in [7, 11) is 0. The van der Waals surface area contributed by atoms with Crippen LogP contribution in [0.1, 0.15) is 48.5 Å². The highest BCUT2D eigenvalue weighted by atomic mass is 35.5. The Balaban J connectivity index is 2.38. The summed E-state index contributed by atoms with van der Waals surface area (Å²) in [5, 5.41) is 24.3. The molecule has 0 aliphatic carbocycles. The zero-order valence-electron chi connectivity index (χ0n) is 15.8. The third-order valence-corrected chi connectivity index (χ3v) is 4.95. The number of aliphatic hydroxyl groups is 1. The van der Waals surface area contributed by atoms with Crippen LogP contribution in [0.2, 0.25) is 5.02 Å². The largest absolute Gasteiger partial charge is 0.411 e. The molecule has 8 heteroatoms. The number of carbonyl (C=O) groups is 1. The molecule has 1 aromatic heterocycles. The molecule has 7 nitrogen and oxygen atoms in total. The Bertz CT molecular complexity index is 962. The predicted octanol–water partition coefficient (Wildman–Crippen LogP) is 3.53. The van der Waals surface area contributed by atoms with E-state index in [1.807, 2.05) is 13.8 Å². The van der Waals surface area contributed by atoms with Crippen molar-refractivity contribution in [1.82, 2.24) is 9.97 Å². The number of fused-ring (bicyclic) bond motifs is 1. The fraction of sp³-hybridized carbons (Fsp3) is 0.368. The van der Waals surface area contributed by atoms with E-state index in [2.05, 4.69) is 15.1 Å². The summed E-state index contributed by atoms with van der Waals surface area (Å²) < 4.78 is 0. The molecule has 2 heterocycles. The van der Waals surface area contributed by atoms with Gasteiger partial charge in [0.15, 0.2) is 11.4 Å². The van der Waals surface area contributed by atoms with Gasteiger partial charge in [0.1, 0.15) is 17.2 Å². The summed E-state index contributed by atoms with van der Waals surface area (Å²) in [5.74, 6) is 0.148. The van der Waals surface area contributed by atoms with Crippen LogP contribution in [-0.4, -0.2) is 31.9 Å². The van der Waals surface area contributed by atoms with Gasteiger partial charge < -0.3 is 10.3 Å². The van der Waals surface area contributed by atoms with Crippen LogP contribution >= 0.6 is 11.6 Å². The van der Waals surface area contributed by atoms with Crippen molar-refractivity contribution >= 4 is 34.7 Å². The van der Waals surface area contributed by atoms with Crippen molar-refractivity contribution in [3.63, 3.8) is 0 Å². The van der Waals surface area contributed by atoms with E-state index in [4.69, 9.17) is 11.6 Å². The van der Waals surface area contributed by atoms with Crippen LogP contribution in [0.15, 0.2) is 17.3 Å². The number of nitrogens with zero attached hydrogens (tertiary/aromatic N) is 4. The van der Waals surface area contributed by atoms with Crippen LogP contribution in [0.3, 0.4) is 0 Å². The van der Waals surface area contributed by atoms with Crippen LogP contribution in [-0.2, 0) is 10.4 Å². The molecule has 0 saturated carbocycles. The Morgan fingerprint density at radius 3 is 2.37 bits per heavy atom. The number of anilines is 2. The van der Waals surface area contributed by atoms with E-state index in [-0.39, 0.29) is 22.8 Å². The molecule has 27 heavy (non-hydrogen) atoms. The van der Waals surface area contributed by atoms with Crippen molar-refractivity contribution < 1.29 is 15.1 Å². The smallest absolute Gasteiger partial charge is 0.269 e. The van der Waals surface area contributed by atoms with Gasteiger partial charge in [-0.15, -0.1) is 0 Å². The third-order valence-electron chi connectivity index (χ3n) is 4.73. The van der Waals surface area contributed by atoms with E-state index in [9.17, 15) is 15.1 Å². The van der Waals surface area contributed by atoms with E-state index in [1.54, 1.807) is 26.0 Å². The highest BCUT2D eigenvalue weighted by molar-refractivity contribution is 6.31. The van der Waals surface area contributed by atoms with Crippen molar-refractivity contribution in [3.8, 4) is 0 Å². The predicted molar refractivity (Wildman–Crippen MR) is 103 cm³/mol. The first-order valence-corrected chi connectivity index (χ1v) is 8.95. The monoisotopic (exact) mass is 388 g/mol. The molecule has 142 valence electrons. The molecule has 1 aromatic carbocycles. The topological polar surface area (TPSA) is 98.9 Å². The number of hydrogen-bond acceptors (Lipinski definition) is 6. The maximum absolute atomic E-state index is 13.2. The van der Waals surface area contributed by atoms with Gasteiger partial charge in [-0.3, -0.25) is 9.69 Å². The van der Waals surface area contributed by atoms with Gasteiger partial charge in [-0.2, -0.15) is 0 Å². The third kappa shape index (κ3) is 2.87. The minimum Gasteiger partial charge on any atom is -0.411 e. The highest BCUT2D eigenvalue weighted by Crippen LogP contribution is 2.46. The summed E-state index contributed by atoms with van der Waals surface area (Å²) in [6.45, 7) is 8.58. The van der Waals surface area contributed by atoms with Gasteiger partial charge in [0.25, 0.3) is 5.91 Å². The summed E-state index contributed by atoms with van der Waals surface area (Å²) in [6.07, 6.45) is 0.378. The fourth-order valence-corrected chi connectivity index (χ4v) is 3.87. The highest BCUT2D eigenvalue weighted by Gasteiger charge is 2.51. The molecule has 0 fully saturated rings. The van der Waals surface area contributed by atoms with Crippen molar-refractivity contribution in [2.24, 2.45) is 5.16 Å². The van der Waals surface area contributed by atoms with Crippen LogP contribution in [0.4, 0.5) is 11.5 Å². The quantitative estimate of drug-likeness (QED) is 0.476. The van der Waals surface area contributed by atoms with Crippen LogP contribution < -0.4 is 4.90 Å².